The van der Waals surface area contributed by atoms with Gasteiger partial charge in [-0.15, -0.1) is 0 Å². The molecule has 2 bridgehead atoms. The molecule has 5 rings (SSSR count). The van der Waals surface area contributed by atoms with E-state index in [9.17, 15) is 4.79 Å². The van der Waals surface area contributed by atoms with Crippen LogP contribution in [0.5, 0.6) is 0 Å². The fourth-order valence-electron chi connectivity index (χ4n) is 6.07. The summed E-state index contributed by atoms with van der Waals surface area (Å²) < 4.78 is 1.13. The molecule has 1 spiro atoms. The van der Waals surface area contributed by atoms with Crippen molar-refractivity contribution in [1.82, 2.24) is 0 Å². The van der Waals surface area contributed by atoms with Crippen LogP contribution in [0.15, 0.2) is 47.2 Å². The normalized spacial score (nSPS) is 41.6. The van der Waals surface area contributed by atoms with Crippen molar-refractivity contribution in [2.24, 2.45) is 5.92 Å². The largest absolute Gasteiger partial charge is 0.357 e. The lowest BCUT2D eigenvalue weighted by Gasteiger charge is -2.51. The number of piperidine rings is 1. The number of benzene rings is 1. The molecule has 2 fully saturated rings. The Labute approximate surface area is 137 Å². The molecule has 0 radical (unpaired) electrons. The fraction of sp³-hybridized carbons (Fsp3) is 0.450. The summed E-state index contributed by atoms with van der Waals surface area (Å²) in [6.07, 6.45) is 5.65. The van der Waals surface area contributed by atoms with Gasteiger partial charge in [0, 0.05) is 35.7 Å². The number of fused-ring (bicyclic) bond motifs is 2. The van der Waals surface area contributed by atoms with E-state index in [1.165, 1.54) is 29.1 Å². The van der Waals surface area contributed by atoms with Gasteiger partial charge in [-0.3, -0.25) is 4.79 Å². The monoisotopic (exact) mass is 307 g/mol. The zero-order valence-corrected chi connectivity index (χ0v) is 13.8. The Bertz CT molecular complexity index is 793. The SMILES string of the molecule is C/C=C1/C[N@+]2(C)CC[C@]34C(=C(C=O)[C@H]1C[C@H]32)Nc1ccccc14. The third-order valence-electron chi connectivity index (χ3n) is 7.06. The van der Waals surface area contributed by atoms with E-state index in [0.29, 0.717) is 12.0 Å². The smallest absolute Gasteiger partial charge is 0.148 e. The summed E-state index contributed by atoms with van der Waals surface area (Å²) in [7, 11) is 2.42. The number of aldehydes is 1. The molecule has 0 aromatic heterocycles. The Hall–Kier alpha value is -1.87. The van der Waals surface area contributed by atoms with E-state index in [2.05, 4.69) is 49.6 Å². The zero-order chi connectivity index (χ0) is 15.8. The number of carbonyl (C=O) groups is 1. The highest BCUT2D eigenvalue weighted by molar-refractivity contribution is 5.84. The molecule has 3 nitrogen and oxygen atoms in total. The second-order valence-electron chi connectivity index (χ2n) is 7.87. The van der Waals surface area contributed by atoms with Gasteiger partial charge < -0.3 is 9.80 Å². The Morgan fingerprint density at radius 3 is 2.96 bits per heavy atom. The van der Waals surface area contributed by atoms with Gasteiger partial charge in [-0.1, -0.05) is 24.3 Å². The molecule has 3 aliphatic heterocycles. The molecule has 2 saturated heterocycles. The first-order valence-electron chi connectivity index (χ1n) is 8.70. The van der Waals surface area contributed by atoms with Crippen molar-refractivity contribution in [3.05, 3.63) is 52.7 Å². The van der Waals surface area contributed by atoms with E-state index in [0.717, 1.165) is 35.7 Å². The van der Waals surface area contributed by atoms with Gasteiger partial charge in [-0.25, -0.2) is 0 Å². The molecule has 1 aromatic carbocycles. The van der Waals surface area contributed by atoms with E-state index in [-0.39, 0.29) is 5.41 Å². The molecule has 1 aromatic rings. The lowest BCUT2D eigenvalue weighted by molar-refractivity contribution is -0.923. The molecule has 4 atom stereocenters. The molecule has 4 aliphatic rings. The summed E-state index contributed by atoms with van der Waals surface area (Å²) in [6.45, 7) is 4.42. The quantitative estimate of drug-likeness (QED) is 0.491. The van der Waals surface area contributed by atoms with E-state index in [1.807, 2.05) is 0 Å². The van der Waals surface area contributed by atoms with E-state index in [1.54, 1.807) is 0 Å². The Kier molecular flexibility index (Phi) is 2.45. The number of quaternary nitrogens is 1. The molecule has 0 saturated carbocycles. The predicted molar refractivity (Wildman–Crippen MR) is 91.0 cm³/mol. The molecule has 0 unspecified atom stereocenters. The Morgan fingerprint density at radius 1 is 1.35 bits per heavy atom. The highest BCUT2D eigenvalue weighted by Crippen LogP contribution is 2.62. The van der Waals surface area contributed by atoms with Gasteiger partial charge in [0.05, 0.1) is 19.0 Å². The number of likely N-dealkylation sites (N-methyl/N-ethyl adjacent to an activating group) is 1. The molecular weight excluding hydrogens is 284 g/mol. The van der Waals surface area contributed by atoms with Gasteiger partial charge in [0.15, 0.2) is 0 Å². The standard InChI is InChI=1S/C20H22N2O/c1-3-13-11-22(2)9-8-20-16-6-4-5-7-17(16)21-19(20)15(12-23)14(13)10-18(20)22/h3-7,12,14,18H,8-11H2,1-2H3/p+1/b13-3-/t14-,18+,20+,22-/m0/s1. The van der Waals surface area contributed by atoms with Crippen LogP contribution in [-0.2, 0) is 10.2 Å². The highest BCUT2D eigenvalue weighted by Gasteiger charge is 2.67. The zero-order valence-electron chi connectivity index (χ0n) is 13.8. The van der Waals surface area contributed by atoms with Crippen LogP contribution in [0.3, 0.4) is 0 Å². The Balaban J connectivity index is 1.85. The molecule has 118 valence electrons. The highest BCUT2D eigenvalue weighted by atomic mass is 16.1. The van der Waals surface area contributed by atoms with Gasteiger partial charge in [0.2, 0.25) is 0 Å². The molecular formula is C20H23N2O+. The topological polar surface area (TPSA) is 29.1 Å². The number of allylic oxidation sites excluding steroid dienone is 2. The minimum absolute atomic E-state index is 0.0390. The lowest BCUT2D eigenvalue weighted by atomic mass is 9.61. The number of anilines is 1. The van der Waals surface area contributed by atoms with Crippen molar-refractivity contribution in [3.8, 4) is 0 Å². The van der Waals surface area contributed by atoms with E-state index < -0.39 is 0 Å². The molecule has 3 heterocycles. The van der Waals surface area contributed by atoms with Crippen LogP contribution >= 0.6 is 0 Å². The minimum Gasteiger partial charge on any atom is -0.357 e. The van der Waals surface area contributed by atoms with Crippen LogP contribution in [0.25, 0.3) is 0 Å². The van der Waals surface area contributed by atoms with Crippen molar-refractivity contribution in [2.45, 2.75) is 31.2 Å². The molecule has 1 N–H and O–H groups in total. The van der Waals surface area contributed by atoms with Gasteiger partial charge in [0.1, 0.15) is 18.9 Å². The summed E-state index contributed by atoms with van der Waals surface area (Å²) in [5.41, 5.74) is 6.35. The van der Waals surface area contributed by atoms with Crippen molar-refractivity contribution in [3.63, 3.8) is 0 Å². The lowest BCUT2D eigenvalue weighted by Crippen LogP contribution is -2.61. The van der Waals surface area contributed by atoms with Crippen molar-refractivity contribution in [1.29, 1.82) is 0 Å². The number of nitrogens with one attached hydrogen (secondary N) is 1. The number of para-hydroxylation sites is 1. The van der Waals surface area contributed by atoms with Gasteiger partial charge in [0.25, 0.3) is 0 Å². The van der Waals surface area contributed by atoms with Gasteiger partial charge in [-0.2, -0.15) is 0 Å². The van der Waals surface area contributed by atoms with Crippen molar-refractivity contribution in [2.75, 3.05) is 25.5 Å². The van der Waals surface area contributed by atoms with Crippen LogP contribution in [0.2, 0.25) is 0 Å². The number of hydrogen-bond acceptors (Lipinski definition) is 2. The number of carbonyl (C=O) groups excluding carboxylic acids is 1. The van der Waals surface area contributed by atoms with Gasteiger partial charge in [-0.05, 0) is 24.1 Å². The van der Waals surface area contributed by atoms with Crippen molar-refractivity contribution < 1.29 is 9.28 Å². The maximum absolute atomic E-state index is 12.0. The fourth-order valence-corrected chi connectivity index (χ4v) is 6.07. The van der Waals surface area contributed by atoms with Crippen molar-refractivity contribution >= 4 is 12.0 Å². The first-order valence-corrected chi connectivity index (χ1v) is 8.70. The third-order valence-corrected chi connectivity index (χ3v) is 7.06. The predicted octanol–water partition coefficient (Wildman–Crippen LogP) is 3.00. The van der Waals surface area contributed by atoms with E-state index >= 15 is 0 Å². The summed E-state index contributed by atoms with van der Waals surface area (Å²) in [4.78, 5) is 12.0. The average Bonchev–Trinajstić information content (AvgIpc) is 3.08. The minimum atomic E-state index is 0.0390. The van der Waals surface area contributed by atoms with Gasteiger partial charge >= 0.3 is 0 Å². The second kappa shape index (κ2) is 4.15. The molecule has 0 amide bonds. The Morgan fingerprint density at radius 2 is 2.17 bits per heavy atom. The average molecular weight is 307 g/mol. The summed E-state index contributed by atoms with van der Waals surface area (Å²) in [5, 5.41) is 3.66. The van der Waals surface area contributed by atoms with Crippen LogP contribution < -0.4 is 5.32 Å². The number of hydrogen-bond donors (Lipinski definition) is 1. The maximum atomic E-state index is 12.0. The molecule has 3 heteroatoms. The summed E-state index contributed by atoms with van der Waals surface area (Å²) in [6, 6.07) is 9.27. The molecule has 1 aliphatic carbocycles. The van der Waals surface area contributed by atoms with E-state index in [4.69, 9.17) is 0 Å². The first kappa shape index (κ1) is 13.6. The van der Waals surface area contributed by atoms with Crippen LogP contribution in [-0.4, -0.2) is 36.9 Å². The third kappa shape index (κ3) is 1.38. The first-order chi connectivity index (χ1) is 11.1. The molecule has 23 heavy (non-hydrogen) atoms. The van der Waals surface area contributed by atoms with Crippen LogP contribution in [0.4, 0.5) is 5.69 Å². The second-order valence-corrected chi connectivity index (χ2v) is 7.87. The van der Waals surface area contributed by atoms with Crippen LogP contribution in [0, 0.1) is 5.92 Å². The number of nitrogens with zero attached hydrogens (tertiary/aromatic N) is 1. The summed E-state index contributed by atoms with van der Waals surface area (Å²) in [5.74, 6) is 0.316. The maximum Gasteiger partial charge on any atom is 0.148 e. The summed E-state index contributed by atoms with van der Waals surface area (Å²) >= 11 is 0. The van der Waals surface area contributed by atoms with Crippen LogP contribution in [0.1, 0.15) is 25.3 Å². The number of rotatable bonds is 1.